The Morgan fingerprint density at radius 1 is 1.07 bits per heavy atom. The number of amides is 1. The second kappa shape index (κ2) is 8.93. The van der Waals surface area contributed by atoms with Crippen molar-refractivity contribution in [3.8, 4) is 5.75 Å². The van der Waals surface area contributed by atoms with Crippen LogP contribution in [0.4, 0.5) is 11.4 Å². The molecular weight excluding hydrogens is 414 g/mol. The number of benzene rings is 2. The zero-order valence-corrected chi connectivity index (χ0v) is 16.9. The predicted octanol–water partition coefficient (Wildman–Crippen LogP) is 3.94. The van der Waals surface area contributed by atoms with Crippen LogP contribution in [-0.4, -0.2) is 25.4 Å². The number of nitrogens with zero attached hydrogens (tertiary/aromatic N) is 1. The molecule has 0 unspecified atom stereocenters. The summed E-state index contributed by atoms with van der Waals surface area (Å²) in [7, 11) is -3.76. The van der Waals surface area contributed by atoms with Crippen molar-refractivity contribution >= 4 is 38.9 Å². The van der Waals surface area contributed by atoms with Crippen LogP contribution in [0.25, 0.3) is 0 Å². The molecule has 0 fully saturated rings. The molecule has 9 heteroatoms. The molecule has 0 saturated carbocycles. The molecule has 1 heterocycles. The van der Waals surface area contributed by atoms with Crippen LogP contribution < -0.4 is 14.8 Å². The van der Waals surface area contributed by atoms with Gasteiger partial charge in [-0.15, -0.1) is 0 Å². The van der Waals surface area contributed by atoms with Crippen molar-refractivity contribution in [2.75, 3.05) is 10.0 Å². The largest absolute Gasteiger partial charge is 0.481 e. The lowest BCUT2D eigenvalue weighted by molar-refractivity contribution is -0.122. The van der Waals surface area contributed by atoms with E-state index in [2.05, 4.69) is 15.0 Å². The second-order valence-electron chi connectivity index (χ2n) is 6.08. The molecule has 0 aliphatic carbocycles. The van der Waals surface area contributed by atoms with E-state index in [4.69, 9.17) is 16.3 Å². The molecule has 0 aliphatic heterocycles. The van der Waals surface area contributed by atoms with Crippen molar-refractivity contribution in [3.63, 3.8) is 0 Å². The number of nitrogens with one attached hydrogen (secondary N) is 2. The zero-order chi connectivity index (χ0) is 20.9. The monoisotopic (exact) mass is 431 g/mol. The first-order valence-corrected chi connectivity index (χ1v) is 10.5. The fourth-order valence-corrected chi connectivity index (χ4v) is 3.62. The summed E-state index contributed by atoms with van der Waals surface area (Å²) in [5.74, 6) is 0.0946. The Labute approximate surface area is 173 Å². The molecule has 1 aromatic heterocycles. The van der Waals surface area contributed by atoms with Crippen molar-refractivity contribution < 1.29 is 17.9 Å². The van der Waals surface area contributed by atoms with E-state index in [1.807, 2.05) is 0 Å². The molecule has 2 N–H and O–H groups in total. The van der Waals surface area contributed by atoms with Crippen molar-refractivity contribution in [2.24, 2.45) is 0 Å². The Morgan fingerprint density at radius 3 is 2.48 bits per heavy atom. The molecule has 2 aromatic carbocycles. The van der Waals surface area contributed by atoms with Gasteiger partial charge in [0.25, 0.3) is 15.9 Å². The van der Waals surface area contributed by atoms with Gasteiger partial charge in [-0.1, -0.05) is 17.7 Å². The highest BCUT2D eigenvalue weighted by molar-refractivity contribution is 7.92. The number of hydrogen-bond donors (Lipinski definition) is 2. The molecule has 0 spiro atoms. The van der Waals surface area contributed by atoms with Crippen molar-refractivity contribution in [3.05, 3.63) is 78.1 Å². The van der Waals surface area contributed by atoms with Crippen LogP contribution in [0.15, 0.2) is 78.0 Å². The molecule has 1 amide bonds. The first kappa shape index (κ1) is 20.6. The lowest BCUT2D eigenvalue weighted by Gasteiger charge is -2.15. The van der Waals surface area contributed by atoms with Crippen molar-refractivity contribution in [2.45, 2.75) is 17.9 Å². The van der Waals surface area contributed by atoms with Crippen LogP contribution >= 0.6 is 11.6 Å². The summed E-state index contributed by atoms with van der Waals surface area (Å²) in [6.45, 7) is 1.60. The Hall–Kier alpha value is -3.10. The van der Waals surface area contributed by atoms with Gasteiger partial charge in [-0.25, -0.2) is 8.42 Å². The number of ether oxygens (including phenoxy) is 1. The molecule has 0 bridgehead atoms. The molecule has 0 aliphatic rings. The van der Waals surface area contributed by atoms with Gasteiger partial charge in [0.1, 0.15) is 5.75 Å². The van der Waals surface area contributed by atoms with E-state index < -0.39 is 16.1 Å². The number of pyridine rings is 1. The maximum Gasteiger partial charge on any atom is 0.265 e. The van der Waals surface area contributed by atoms with Crippen LogP contribution in [0.5, 0.6) is 5.75 Å². The fourth-order valence-electron chi connectivity index (χ4n) is 2.40. The molecule has 29 heavy (non-hydrogen) atoms. The molecule has 3 rings (SSSR count). The Kier molecular flexibility index (Phi) is 6.36. The highest BCUT2D eigenvalue weighted by Crippen LogP contribution is 2.20. The lowest BCUT2D eigenvalue weighted by atomic mass is 10.3. The lowest BCUT2D eigenvalue weighted by Crippen LogP contribution is -2.30. The van der Waals surface area contributed by atoms with E-state index in [1.165, 1.54) is 30.5 Å². The van der Waals surface area contributed by atoms with Gasteiger partial charge in [0.2, 0.25) is 0 Å². The van der Waals surface area contributed by atoms with Gasteiger partial charge in [0.05, 0.1) is 16.8 Å². The van der Waals surface area contributed by atoms with Gasteiger partial charge in [0, 0.05) is 16.9 Å². The number of carbonyl (C=O) groups excluding carboxylic acids is 1. The van der Waals surface area contributed by atoms with Crippen LogP contribution in [-0.2, 0) is 14.8 Å². The normalized spacial score (nSPS) is 12.1. The van der Waals surface area contributed by atoms with Crippen LogP contribution in [0.1, 0.15) is 6.92 Å². The summed E-state index contributed by atoms with van der Waals surface area (Å²) in [6, 6.07) is 15.8. The molecule has 150 valence electrons. The van der Waals surface area contributed by atoms with E-state index in [9.17, 15) is 13.2 Å². The Bertz CT molecular complexity index is 1090. The average Bonchev–Trinajstić information content (AvgIpc) is 2.69. The highest BCUT2D eigenvalue weighted by Gasteiger charge is 2.17. The number of sulfonamides is 1. The Balaban J connectivity index is 1.63. The molecule has 0 saturated heterocycles. The number of aromatic nitrogens is 1. The van der Waals surface area contributed by atoms with Crippen molar-refractivity contribution in [1.82, 2.24) is 4.98 Å². The molecule has 3 aromatic rings. The number of hydrogen-bond acceptors (Lipinski definition) is 5. The molecular formula is C20H18ClN3O4S. The van der Waals surface area contributed by atoms with Gasteiger partial charge >= 0.3 is 0 Å². The SMILES string of the molecule is C[C@@H](Oc1cccc(Cl)c1)C(=O)Nc1ccc(S(=O)(=O)Nc2cccnc2)cc1. The summed E-state index contributed by atoms with van der Waals surface area (Å²) in [5.41, 5.74) is 0.800. The molecule has 0 radical (unpaired) electrons. The first-order chi connectivity index (χ1) is 13.8. The van der Waals surface area contributed by atoms with Gasteiger partial charge in [0.15, 0.2) is 6.10 Å². The third-order valence-corrected chi connectivity index (χ3v) is 5.46. The van der Waals surface area contributed by atoms with Crippen LogP contribution in [0.2, 0.25) is 5.02 Å². The minimum atomic E-state index is -3.76. The topological polar surface area (TPSA) is 97.4 Å². The average molecular weight is 432 g/mol. The smallest absolute Gasteiger partial charge is 0.265 e. The molecule has 1 atom stereocenters. The maximum absolute atomic E-state index is 12.4. The summed E-state index contributed by atoms with van der Waals surface area (Å²) in [4.78, 5) is 16.2. The molecule has 7 nitrogen and oxygen atoms in total. The number of halogens is 1. The summed E-state index contributed by atoms with van der Waals surface area (Å²) in [5, 5.41) is 3.19. The van der Waals surface area contributed by atoms with Crippen molar-refractivity contribution in [1.29, 1.82) is 0 Å². The summed E-state index contributed by atoms with van der Waals surface area (Å²) < 4.78 is 32.8. The number of carbonyl (C=O) groups is 1. The Morgan fingerprint density at radius 2 is 1.83 bits per heavy atom. The maximum atomic E-state index is 12.4. The van der Waals surface area contributed by atoms with E-state index in [0.717, 1.165) is 0 Å². The first-order valence-electron chi connectivity index (χ1n) is 8.59. The van der Waals surface area contributed by atoms with Gasteiger partial charge < -0.3 is 10.1 Å². The van der Waals surface area contributed by atoms with Gasteiger partial charge in [-0.05, 0) is 61.5 Å². The van der Waals surface area contributed by atoms with Crippen LogP contribution in [0, 0.1) is 0 Å². The highest BCUT2D eigenvalue weighted by atomic mass is 35.5. The predicted molar refractivity (Wildman–Crippen MR) is 112 cm³/mol. The van der Waals surface area contributed by atoms with Gasteiger partial charge in [-0.2, -0.15) is 0 Å². The van der Waals surface area contributed by atoms with E-state index in [0.29, 0.717) is 22.1 Å². The standard InChI is InChI=1S/C20H18ClN3O4S/c1-14(28-18-6-2-4-15(21)12-18)20(25)23-16-7-9-19(10-8-16)29(26,27)24-17-5-3-11-22-13-17/h2-14,24H,1H3,(H,23,25)/t14-/m1/s1. The van der Waals surface area contributed by atoms with Crippen LogP contribution in [0.3, 0.4) is 0 Å². The summed E-state index contributed by atoms with van der Waals surface area (Å²) >= 11 is 5.90. The minimum absolute atomic E-state index is 0.0579. The fraction of sp³-hybridized carbons (Fsp3) is 0.100. The van der Waals surface area contributed by atoms with Gasteiger partial charge in [-0.3, -0.25) is 14.5 Å². The number of anilines is 2. The van der Waals surface area contributed by atoms with E-state index in [-0.39, 0.29) is 10.8 Å². The number of rotatable bonds is 7. The van der Waals surface area contributed by atoms with E-state index in [1.54, 1.807) is 49.5 Å². The quantitative estimate of drug-likeness (QED) is 0.590. The third kappa shape index (κ3) is 5.69. The third-order valence-electron chi connectivity index (χ3n) is 3.82. The summed E-state index contributed by atoms with van der Waals surface area (Å²) in [6.07, 6.45) is 2.18. The minimum Gasteiger partial charge on any atom is -0.481 e. The van der Waals surface area contributed by atoms with E-state index >= 15 is 0 Å². The second-order valence-corrected chi connectivity index (χ2v) is 8.20. The zero-order valence-electron chi connectivity index (χ0n) is 15.4.